The molecular formula is C17H25FN2O3S. The van der Waals surface area contributed by atoms with Crippen LogP contribution in [0.3, 0.4) is 0 Å². The minimum absolute atomic E-state index is 0.0290. The molecule has 1 heterocycles. The molecule has 1 N–H and O–H groups in total. The average Bonchev–Trinajstić information content (AvgIpc) is 2.55. The average molecular weight is 356 g/mol. The first-order chi connectivity index (χ1) is 11.4. The number of piperidine rings is 1. The molecule has 0 radical (unpaired) electrons. The molecule has 1 aromatic rings. The van der Waals surface area contributed by atoms with Crippen molar-refractivity contribution in [2.75, 3.05) is 19.6 Å². The van der Waals surface area contributed by atoms with Crippen molar-refractivity contribution in [1.29, 1.82) is 0 Å². The van der Waals surface area contributed by atoms with E-state index in [2.05, 4.69) is 5.32 Å². The van der Waals surface area contributed by atoms with E-state index >= 15 is 0 Å². The normalized spacial score (nSPS) is 19.2. The lowest BCUT2D eigenvalue weighted by Crippen LogP contribution is -2.39. The molecule has 1 fully saturated rings. The lowest BCUT2D eigenvalue weighted by atomic mass is 10.0. The fourth-order valence-electron chi connectivity index (χ4n) is 2.83. The second kappa shape index (κ2) is 8.07. The van der Waals surface area contributed by atoms with Gasteiger partial charge in [-0.25, -0.2) is 12.8 Å². The topological polar surface area (TPSA) is 66.5 Å². The van der Waals surface area contributed by atoms with E-state index in [9.17, 15) is 17.6 Å². The number of amides is 1. The van der Waals surface area contributed by atoms with Gasteiger partial charge < -0.3 is 5.32 Å². The maximum Gasteiger partial charge on any atom is 0.254 e. The summed E-state index contributed by atoms with van der Waals surface area (Å²) >= 11 is 0. The second-order valence-electron chi connectivity index (χ2n) is 6.36. The predicted octanol–water partition coefficient (Wildman–Crippen LogP) is 2.78. The highest BCUT2D eigenvalue weighted by atomic mass is 32.2. The Hall–Kier alpha value is -1.47. The van der Waals surface area contributed by atoms with Gasteiger partial charge in [0.1, 0.15) is 5.82 Å². The van der Waals surface area contributed by atoms with Crippen molar-refractivity contribution in [2.45, 2.75) is 44.4 Å². The molecule has 1 amide bonds. The van der Waals surface area contributed by atoms with Crippen molar-refractivity contribution in [3.05, 3.63) is 29.6 Å². The molecule has 1 aliphatic heterocycles. The maximum absolute atomic E-state index is 14.0. The van der Waals surface area contributed by atoms with E-state index in [1.807, 2.05) is 13.8 Å². The Morgan fingerprint density at radius 1 is 1.42 bits per heavy atom. The Morgan fingerprint density at radius 2 is 2.17 bits per heavy atom. The van der Waals surface area contributed by atoms with Crippen LogP contribution in [0, 0.1) is 11.7 Å². The summed E-state index contributed by atoms with van der Waals surface area (Å²) in [5.74, 6) is -0.995. The highest BCUT2D eigenvalue weighted by Gasteiger charge is 2.29. The monoisotopic (exact) mass is 356 g/mol. The van der Waals surface area contributed by atoms with Gasteiger partial charge in [-0.3, -0.25) is 4.79 Å². The molecule has 24 heavy (non-hydrogen) atoms. The van der Waals surface area contributed by atoms with Crippen molar-refractivity contribution >= 4 is 15.9 Å². The zero-order valence-electron chi connectivity index (χ0n) is 14.2. The van der Waals surface area contributed by atoms with Crippen LogP contribution in [-0.4, -0.2) is 38.3 Å². The summed E-state index contributed by atoms with van der Waals surface area (Å²) in [5.41, 5.74) is -0.225. The lowest BCUT2D eigenvalue weighted by Gasteiger charge is -2.30. The van der Waals surface area contributed by atoms with Crippen molar-refractivity contribution in [1.82, 2.24) is 9.62 Å². The van der Waals surface area contributed by atoms with Crippen molar-refractivity contribution in [2.24, 2.45) is 5.92 Å². The molecule has 1 saturated heterocycles. The van der Waals surface area contributed by atoms with Gasteiger partial charge in [-0.05, 0) is 43.4 Å². The molecule has 2 rings (SSSR count). The zero-order valence-corrected chi connectivity index (χ0v) is 15.0. The van der Waals surface area contributed by atoms with Crippen LogP contribution in [0.2, 0.25) is 0 Å². The molecule has 1 aromatic carbocycles. The van der Waals surface area contributed by atoms with Gasteiger partial charge in [-0.2, -0.15) is 4.31 Å². The number of nitrogens with zero attached hydrogens (tertiary/aromatic N) is 1. The van der Waals surface area contributed by atoms with Gasteiger partial charge in [0, 0.05) is 19.6 Å². The lowest BCUT2D eigenvalue weighted by molar-refractivity contribution is 0.0949. The molecule has 134 valence electrons. The number of carbonyl (C=O) groups excluding carboxylic acids is 1. The van der Waals surface area contributed by atoms with Gasteiger partial charge in [0.2, 0.25) is 10.0 Å². The number of halogens is 1. The molecule has 1 aliphatic rings. The van der Waals surface area contributed by atoms with Gasteiger partial charge in [0.15, 0.2) is 0 Å². The number of rotatable bonds is 6. The minimum Gasteiger partial charge on any atom is -0.352 e. The molecule has 1 unspecified atom stereocenters. The maximum atomic E-state index is 14.0. The van der Waals surface area contributed by atoms with E-state index in [0.717, 1.165) is 37.8 Å². The van der Waals surface area contributed by atoms with Crippen LogP contribution in [0.25, 0.3) is 0 Å². The van der Waals surface area contributed by atoms with Crippen LogP contribution in [0.4, 0.5) is 4.39 Å². The first kappa shape index (κ1) is 18.9. The van der Waals surface area contributed by atoms with Crippen molar-refractivity contribution < 1.29 is 17.6 Å². The van der Waals surface area contributed by atoms with Crippen LogP contribution in [0.1, 0.15) is 49.9 Å². The van der Waals surface area contributed by atoms with Crippen LogP contribution in [0.5, 0.6) is 0 Å². The predicted molar refractivity (Wildman–Crippen MR) is 90.8 cm³/mol. The number of benzene rings is 1. The largest absolute Gasteiger partial charge is 0.352 e. The number of hydrogen-bond acceptors (Lipinski definition) is 3. The number of sulfonamides is 1. The summed E-state index contributed by atoms with van der Waals surface area (Å²) in [4.78, 5) is 12.1. The Morgan fingerprint density at radius 3 is 2.83 bits per heavy atom. The molecule has 1 atom stereocenters. The summed E-state index contributed by atoms with van der Waals surface area (Å²) in [6, 6.07) is 3.42. The summed E-state index contributed by atoms with van der Waals surface area (Å²) in [5, 5.41) is 2.62. The molecule has 5 nitrogen and oxygen atoms in total. The third-order valence-corrected chi connectivity index (χ3v) is 6.12. The SMILES string of the molecule is CCCCNC(=O)c1cc(S(=O)(=O)N2CCCC(C)C2)ccc1F. The molecule has 0 aromatic heterocycles. The fraction of sp³-hybridized carbons (Fsp3) is 0.588. The molecule has 0 bridgehead atoms. The van der Waals surface area contributed by atoms with Gasteiger partial charge >= 0.3 is 0 Å². The first-order valence-corrected chi connectivity index (χ1v) is 9.88. The second-order valence-corrected chi connectivity index (χ2v) is 8.30. The standard InChI is InChI=1S/C17H25FN2O3S/c1-3-4-9-19-17(21)15-11-14(7-8-16(15)18)24(22,23)20-10-5-6-13(2)12-20/h7-8,11,13H,3-6,9-10,12H2,1-2H3,(H,19,21). The number of nitrogens with one attached hydrogen (secondary N) is 1. The van der Waals surface area contributed by atoms with Crippen molar-refractivity contribution in [3.8, 4) is 0 Å². The summed E-state index contributed by atoms with van der Waals surface area (Å²) in [6.45, 7) is 5.35. The van der Waals surface area contributed by atoms with Gasteiger partial charge in [0.25, 0.3) is 5.91 Å². The van der Waals surface area contributed by atoms with Gasteiger partial charge in [-0.15, -0.1) is 0 Å². The zero-order chi connectivity index (χ0) is 17.7. The number of unbranched alkanes of at least 4 members (excludes halogenated alkanes) is 1. The summed E-state index contributed by atoms with van der Waals surface area (Å²) in [6.07, 6.45) is 3.51. The van der Waals surface area contributed by atoms with E-state index in [1.165, 1.54) is 10.4 Å². The highest BCUT2D eigenvalue weighted by molar-refractivity contribution is 7.89. The van der Waals surface area contributed by atoms with E-state index < -0.39 is 21.7 Å². The molecule has 0 spiro atoms. The molecule has 0 saturated carbocycles. The smallest absolute Gasteiger partial charge is 0.254 e. The van der Waals surface area contributed by atoms with Gasteiger partial charge in [0.05, 0.1) is 10.5 Å². The summed E-state index contributed by atoms with van der Waals surface area (Å²) in [7, 11) is -3.71. The van der Waals surface area contributed by atoms with Crippen LogP contribution in [-0.2, 0) is 10.0 Å². The Labute approximate surface area is 143 Å². The first-order valence-electron chi connectivity index (χ1n) is 8.44. The van der Waals surface area contributed by atoms with Crippen LogP contribution >= 0.6 is 0 Å². The van der Waals surface area contributed by atoms with Crippen LogP contribution < -0.4 is 5.32 Å². The minimum atomic E-state index is -3.71. The Balaban J connectivity index is 2.24. The fourth-order valence-corrected chi connectivity index (χ4v) is 4.45. The van der Waals surface area contributed by atoms with E-state index in [0.29, 0.717) is 25.6 Å². The summed E-state index contributed by atoms with van der Waals surface area (Å²) < 4.78 is 40.9. The van der Waals surface area contributed by atoms with Crippen LogP contribution in [0.15, 0.2) is 23.1 Å². The molecule has 7 heteroatoms. The molecule has 0 aliphatic carbocycles. The quantitative estimate of drug-likeness (QED) is 0.797. The van der Waals surface area contributed by atoms with E-state index in [4.69, 9.17) is 0 Å². The Kier molecular flexibility index (Phi) is 6.34. The number of carbonyl (C=O) groups is 1. The van der Waals surface area contributed by atoms with E-state index in [-0.39, 0.29) is 10.5 Å². The third-order valence-electron chi connectivity index (χ3n) is 4.26. The molecular weight excluding hydrogens is 331 g/mol. The Bertz CT molecular complexity index is 691. The highest BCUT2D eigenvalue weighted by Crippen LogP contribution is 2.24. The third kappa shape index (κ3) is 4.33. The van der Waals surface area contributed by atoms with Crippen molar-refractivity contribution in [3.63, 3.8) is 0 Å². The van der Waals surface area contributed by atoms with E-state index in [1.54, 1.807) is 0 Å². The number of hydrogen-bond donors (Lipinski definition) is 1. The van der Waals surface area contributed by atoms with Gasteiger partial charge in [-0.1, -0.05) is 20.3 Å².